The summed E-state index contributed by atoms with van der Waals surface area (Å²) in [5.41, 5.74) is -1.12. The molecular formula is C16H18BF3N2O2. The molecule has 2 heterocycles. The van der Waals surface area contributed by atoms with E-state index >= 15 is 0 Å². The van der Waals surface area contributed by atoms with Crippen molar-refractivity contribution >= 4 is 12.6 Å². The van der Waals surface area contributed by atoms with Crippen LogP contribution in [0.15, 0.2) is 36.7 Å². The lowest BCUT2D eigenvalue weighted by molar-refractivity contribution is -0.137. The van der Waals surface area contributed by atoms with Gasteiger partial charge in [-0.3, -0.25) is 0 Å². The number of aromatic nitrogens is 2. The van der Waals surface area contributed by atoms with Crippen LogP contribution in [0, 0.1) is 0 Å². The smallest absolute Gasteiger partial charge is 0.399 e. The zero-order valence-electron chi connectivity index (χ0n) is 13.9. The fourth-order valence-electron chi connectivity index (χ4n) is 2.50. The van der Waals surface area contributed by atoms with E-state index < -0.39 is 30.1 Å². The first kappa shape index (κ1) is 17.0. The highest BCUT2D eigenvalue weighted by Gasteiger charge is 2.52. The summed E-state index contributed by atoms with van der Waals surface area (Å²) in [5.74, 6) is 0. The van der Waals surface area contributed by atoms with Gasteiger partial charge in [0.1, 0.15) is 0 Å². The Balaban J connectivity index is 2.09. The Bertz CT molecular complexity index is 726. The quantitative estimate of drug-likeness (QED) is 0.789. The highest BCUT2D eigenvalue weighted by Crippen LogP contribution is 2.37. The van der Waals surface area contributed by atoms with Crippen molar-refractivity contribution < 1.29 is 22.5 Å². The van der Waals surface area contributed by atoms with E-state index in [9.17, 15) is 13.2 Å². The van der Waals surface area contributed by atoms with Gasteiger partial charge >= 0.3 is 13.3 Å². The van der Waals surface area contributed by atoms with Crippen molar-refractivity contribution in [2.24, 2.45) is 0 Å². The van der Waals surface area contributed by atoms with Gasteiger partial charge in [-0.05, 0) is 39.8 Å². The molecule has 1 saturated heterocycles. The van der Waals surface area contributed by atoms with Crippen LogP contribution >= 0.6 is 0 Å². The molecule has 2 aromatic rings. The van der Waals surface area contributed by atoms with Gasteiger partial charge in [0.25, 0.3) is 0 Å². The van der Waals surface area contributed by atoms with Gasteiger partial charge in [-0.1, -0.05) is 12.1 Å². The molecule has 3 rings (SSSR count). The third-order valence-electron chi connectivity index (χ3n) is 4.62. The van der Waals surface area contributed by atoms with Gasteiger partial charge in [-0.2, -0.15) is 18.3 Å². The largest absolute Gasteiger partial charge is 0.497 e. The zero-order chi connectivity index (χ0) is 17.8. The molecule has 8 heteroatoms. The summed E-state index contributed by atoms with van der Waals surface area (Å²) >= 11 is 0. The average Bonchev–Trinajstić information content (AvgIpc) is 3.04. The lowest BCUT2D eigenvalue weighted by Crippen LogP contribution is -2.41. The van der Waals surface area contributed by atoms with E-state index in [2.05, 4.69) is 5.10 Å². The maximum atomic E-state index is 13.1. The lowest BCUT2D eigenvalue weighted by Gasteiger charge is -2.32. The summed E-state index contributed by atoms with van der Waals surface area (Å²) in [6.45, 7) is 7.57. The molecule has 0 N–H and O–H groups in total. The normalized spacial score (nSPS) is 19.7. The lowest BCUT2D eigenvalue weighted by atomic mass is 9.77. The minimum atomic E-state index is -4.43. The molecular weight excluding hydrogens is 320 g/mol. The number of hydrogen-bond donors (Lipinski definition) is 0. The molecule has 24 heavy (non-hydrogen) atoms. The molecule has 0 saturated carbocycles. The summed E-state index contributed by atoms with van der Waals surface area (Å²) < 4.78 is 52.5. The predicted octanol–water partition coefficient (Wildman–Crippen LogP) is 3.19. The second-order valence-electron chi connectivity index (χ2n) is 6.81. The molecule has 1 aliphatic heterocycles. The topological polar surface area (TPSA) is 36.3 Å². The Morgan fingerprint density at radius 1 is 1.08 bits per heavy atom. The zero-order valence-corrected chi connectivity index (χ0v) is 13.9. The standard InChI is InChI=1S/C16H18BF3N2O2/c1-14(2)15(3,4)24-17(23-14)12-7-6-11(16(18,19)20)10-13(12)22-9-5-8-21-22/h5-10H,1-4H3. The summed E-state index contributed by atoms with van der Waals surface area (Å²) in [6, 6.07) is 5.14. The first-order valence-electron chi connectivity index (χ1n) is 7.58. The first-order chi connectivity index (χ1) is 11.0. The summed E-state index contributed by atoms with van der Waals surface area (Å²) in [5, 5.41) is 4.05. The predicted molar refractivity (Wildman–Crippen MR) is 84.3 cm³/mol. The Labute approximate surface area is 138 Å². The number of nitrogens with zero attached hydrogens (tertiary/aromatic N) is 2. The fourth-order valence-corrected chi connectivity index (χ4v) is 2.50. The molecule has 4 nitrogen and oxygen atoms in total. The van der Waals surface area contributed by atoms with E-state index in [-0.39, 0.29) is 5.69 Å². The van der Waals surface area contributed by atoms with E-state index in [0.717, 1.165) is 12.1 Å². The molecule has 0 atom stereocenters. The Kier molecular flexibility index (Phi) is 3.80. The molecule has 0 aliphatic carbocycles. The molecule has 1 aromatic heterocycles. The van der Waals surface area contributed by atoms with Gasteiger partial charge in [0, 0.05) is 17.9 Å². The van der Waals surface area contributed by atoms with E-state index in [4.69, 9.17) is 9.31 Å². The van der Waals surface area contributed by atoms with Crippen LogP contribution in [0.4, 0.5) is 13.2 Å². The highest BCUT2D eigenvalue weighted by atomic mass is 19.4. The first-order valence-corrected chi connectivity index (χ1v) is 7.58. The van der Waals surface area contributed by atoms with Gasteiger partial charge in [-0.15, -0.1) is 0 Å². The maximum absolute atomic E-state index is 13.1. The van der Waals surface area contributed by atoms with E-state index in [1.54, 1.807) is 12.3 Å². The molecule has 0 unspecified atom stereocenters. The van der Waals surface area contributed by atoms with Crippen LogP contribution in [0.3, 0.4) is 0 Å². The van der Waals surface area contributed by atoms with Crippen LogP contribution in [0.1, 0.15) is 33.3 Å². The van der Waals surface area contributed by atoms with Crippen LogP contribution in [0.5, 0.6) is 0 Å². The molecule has 1 aliphatic rings. The summed E-state index contributed by atoms with van der Waals surface area (Å²) in [6.07, 6.45) is -1.34. The Morgan fingerprint density at radius 3 is 2.21 bits per heavy atom. The molecule has 1 aromatic carbocycles. The molecule has 0 spiro atoms. The van der Waals surface area contributed by atoms with Crippen molar-refractivity contribution in [3.8, 4) is 5.69 Å². The van der Waals surface area contributed by atoms with Gasteiger partial charge in [0.05, 0.1) is 22.5 Å². The van der Waals surface area contributed by atoms with E-state index in [1.165, 1.54) is 16.9 Å². The summed E-state index contributed by atoms with van der Waals surface area (Å²) in [7, 11) is -0.767. The van der Waals surface area contributed by atoms with Gasteiger partial charge in [0.15, 0.2) is 0 Å². The van der Waals surface area contributed by atoms with Crippen molar-refractivity contribution in [2.45, 2.75) is 45.1 Å². The third kappa shape index (κ3) is 2.84. The SMILES string of the molecule is CC1(C)OB(c2ccc(C(F)(F)F)cc2-n2cccn2)OC1(C)C. The van der Waals surface area contributed by atoms with Crippen LogP contribution in [0.2, 0.25) is 0 Å². The van der Waals surface area contributed by atoms with Gasteiger partial charge in [0.2, 0.25) is 0 Å². The Morgan fingerprint density at radius 2 is 1.71 bits per heavy atom. The van der Waals surface area contributed by atoms with E-state index in [1.807, 2.05) is 27.7 Å². The maximum Gasteiger partial charge on any atom is 0.497 e. The van der Waals surface area contributed by atoms with Crippen molar-refractivity contribution in [1.82, 2.24) is 9.78 Å². The van der Waals surface area contributed by atoms with Crippen LogP contribution in [0.25, 0.3) is 5.69 Å². The van der Waals surface area contributed by atoms with Crippen molar-refractivity contribution in [2.75, 3.05) is 0 Å². The van der Waals surface area contributed by atoms with Crippen molar-refractivity contribution in [1.29, 1.82) is 0 Å². The van der Waals surface area contributed by atoms with Gasteiger partial charge < -0.3 is 9.31 Å². The number of alkyl halides is 3. The number of hydrogen-bond acceptors (Lipinski definition) is 3. The molecule has 128 valence electrons. The third-order valence-corrected chi connectivity index (χ3v) is 4.62. The second kappa shape index (κ2) is 5.36. The van der Waals surface area contributed by atoms with E-state index in [0.29, 0.717) is 5.46 Å². The number of rotatable bonds is 2. The molecule has 1 fully saturated rings. The Hall–Kier alpha value is -1.80. The number of halogens is 3. The van der Waals surface area contributed by atoms with Crippen molar-refractivity contribution in [3.63, 3.8) is 0 Å². The van der Waals surface area contributed by atoms with Crippen LogP contribution in [-0.4, -0.2) is 28.1 Å². The fraction of sp³-hybridized carbons (Fsp3) is 0.438. The second-order valence-corrected chi connectivity index (χ2v) is 6.81. The van der Waals surface area contributed by atoms with Crippen LogP contribution < -0.4 is 5.46 Å². The van der Waals surface area contributed by atoms with Crippen molar-refractivity contribution in [3.05, 3.63) is 42.2 Å². The average molecular weight is 338 g/mol. The summed E-state index contributed by atoms with van der Waals surface area (Å²) in [4.78, 5) is 0. The number of benzene rings is 1. The minimum absolute atomic E-state index is 0.285. The monoisotopic (exact) mass is 338 g/mol. The highest BCUT2D eigenvalue weighted by molar-refractivity contribution is 6.63. The molecule has 0 radical (unpaired) electrons. The van der Waals surface area contributed by atoms with Gasteiger partial charge in [-0.25, -0.2) is 4.68 Å². The minimum Gasteiger partial charge on any atom is -0.399 e. The molecule has 0 amide bonds. The molecule has 0 bridgehead atoms. The van der Waals surface area contributed by atoms with Crippen LogP contribution in [-0.2, 0) is 15.5 Å².